The third-order valence-corrected chi connectivity index (χ3v) is 4.55. The van der Waals surface area contributed by atoms with E-state index in [1.165, 1.54) is 5.56 Å². The highest BCUT2D eigenvalue weighted by Gasteiger charge is 2.19. The molecule has 0 heterocycles. The predicted octanol–water partition coefficient (Wildman–Crippen LogP) is 2.61. The molecule has 0 aromatic heterocycles. The number of methoxy groups -OCH3 is 2. The Morgan fingerprint density at radius 2 is 1.79 bits per heavy atom. The molecule has 0 aliphatic carbocycles. The number of hydrogen-bond donors (Lipinski definition) is 1. The summed E-state index contributed by atoms with van der Waals surface area (Å²) in [6.45, 7) is 7.31. The fraction of sp³-hybridized carbons (Fsp3) is 0.682. The molecule has 2 atom stereocenters. The maximum atomic E-state index is 10.3. The Labute approximate surface area is 170 Å². The van der Waals surface area contributed by atoms with Gasteiger partial charge in [-0.25, -0.2) is 0 Å². The lowest BCUT2D eigenvalue weighted by atomic mass is 10.00. The highest BCUT2D eigenvalue weighted by Crippen LogP contribution is 2.28. The van der Waals surface area contributed by atoms with E-state index in [0.717, 1.165) is 41.8 Å². The van der Waals surface area contributed by atoms with Gasteiger partial charge in [0.2, 0.25) is 0 Å². The van der Waals surface area contributed by atoms with Crippen LogP contribution in [0.25, 0.3) is 0 Å². The number of carbonyl (C=O) groups excluding carboxylic acids is 1. The molecule has 1 rings (SSSR count). The fourth-order valence-corrected chi connectivity index (χ4v) is 3.19. The molecule has 0 saturated carbocycles. The van der Waals surface area contributed by atoms with Gasteiger partial charge in [-0.3, -0.25) is 0 Å². The van der Waals surface area contributed by atoms with Crippen LogP contribution in [0.2, 0.25) is 0 Å². The van der Waals surface area contributed by atoms with E-state index in [2.05, 4.69) is 21.0 Å². The minimum atomic E-state index is -0.893. The predicted molar refractivity (Wildman–Crippen MR) is 110 cm³/mol. The van der Waals surface area contributed by atoms with Crippen LogP contribution in [0, 0.1) is 5.92 Å². The summed E-state index contributed by atoms with van der Waals surface area (Å²) >= 11 is 0. The molecule has 28 heavy (non-hydrogen) atoms. The summed E-state index contributed by atoms with van der Waals surface area (Å²) in [5.74, 6) is 0.366. The molecule has 0 aliphatic heterocycles. The summed E-state index contributed by atoms with van der Waals surface area (Å²) in [6.07, 6.45) is 3.22. The first kappa shape index (κ1) is 26.2. The van der Waals surface area contributed by atoms with E-state index in [9.17, 15) is 15.0 Å². The molecule has 0 bridgehead atoms. The quantitative estimate of drug-likeness (QED) is 0.581. The monoisotopic (exact) mass is 397 g/mol. The number of aliphatic carboxylic acids is 1. The fourth-order valence-electron chi connectivity index (χ4n) is 3.19. The topological polar surface area (TPSA) is 78.8 Å². The maximum absolute atomic E-state index is 10.3. The van der Waals surface area contributed by atoms with Crippen molar-refractivity contribution in [2.24, 2.45) is 5.92 Å². The van der Waals surface area contributed by atoms with Crippen LogP contribution in [-0.2, 0) is 11.3 Å². The highest BCUT2D eigenvalue weighted by molar-refractivity contribution is 5.67. The smallest absolute Gasteiger partial charge is 0.161 e. The Morgan fingerprint density at radius 3 is 2.21 bits per heavy atom. The van der Waals surface area contributed by atoms with Gasteiger partial charge in [-0.05, 0) is 43.9 Å². The van der Waals surface area contributed by atoms with E-state index in [0.29, 0.717) is 13.0 Å². The molecular formula is C22H39NO5. The van der Waals surface area contributed by atoms with Crippen LogP contribution in [0.5, 0.6) is 11.5 Å². The van der Waals surface area contributed by atoms with Crippen LogP contribution >= 0.6 is 0 Å². The second kappa shape index (κ2) is 13.4. The summed E-state index contributed by atoms with van der Waals surface area (Å²) in [6, 6.07) is 5.93. The normalized spacial score (nSPS) is 13.1. The zero-order chi connectivity index (χ0) is 21.7. The number of likely N-dealkylation sites (N-methyl/N-ethyl adjacent to an activating group) is 1. The number of carboxylic acids is 1. The van der Waals surface area contributed by atoms with Gasteiger partial charge in [0.05, 0.1) is 28.3 Å². The summed E-state index contributed by atoms with van der Waals surface area (Å²) < 4.78 is 11.2. The van der Waals surface area contributed by atoms with Crippen molar-refractivity contribution in [1.82, 2.24) is 0 Å². The van der Waals surface area contributed by atoms with Crippen molar-refractivity contribution in [3.63, 3.8) is 0 Å². The number of aliphatic hydroxyl groups excluding tert-OH is 1. The Balaban J connectivity index is 0.000000621. The number of carbonyl (C=O) groups is 1. The molecule has 0 radical (unpaired) electrons. The van der Waals surface area contributed by atoms with Gasteiger partial charge in [0.1, 0.15) is 19.2 Å². The second-order valence-corrected chi connectivity index (χ2v) is 7.88. The van der Waals surface area contributed by atoms with E-state index in [1.54, 1.807) is 14.2 Å². The van der Waals surface area contributed by atoms with Crippen molar-refractivity contribution in [2.45, 2.75) is 59.1 Å². The first-order valence-corrected chi connectivity index (χ1v) is 10.0. The standard InChI is InChI=1S/C14H24NO3.C8H16O2/c1-11(16)9-15(2,3)10-12-6-7-13(17-4)14(8-12)18-5;1-3-5-6-7(4-2)8(9)10/h6-8,11,16H,9-10H2,1-5H3;7H,3-6H2,1-2H3,(H,9,10)/q+1;/p-1. The number of nitrogens with zero attached hydrogens (tertiary/aromatic N) is 1. The van der Waals surface area contributed by atoms with Crippen LogP contribution in [0.3, 0.4) is 0 Å². The second-order valence-electron chi connectivity index (χ2n) is 7.88. The molecule has 2 unspecified atom stereocenters. The van der Waals surface area contributed by atoms with Gasteiger partial charge in [0, 0.05) is 11.5 Å². The van der Waals surface area contributed by atoms with Gasteiger partial charge >= 0.3 is 0 Å². The third-order valence-electron chi connectivity index (χ3n) is 4.55. The first-order valence-electron chi connectivity index (χ1n) is 10.0. The first-order chi connectivity index (χ1) is 13.1. The van der Waals surface area contributed by atoms with Crippen molar-refractivity contribution in [1.29, 1.82) is 0 Å². The Hall–Kier alpha value is -1.79. The van der Waals surface area contributed by atoms with Crippen molar-refractivity contribution in [3.05, 3.63) is 23.8 Å². The molecule has 0 fully saturated rings. The summed E-state index contributed by atoms with van der Waals surface area (Å²) in [5, 5.41) is 19.8. The number of ether oxygens (including phenoxy) is 2. The van der Waals surface area contributed by atoms with E-state index < -0.39 is 5.97 Å². The number of carboxylic acid groups (broad SMARTS) is 1. The third kappa shape index (κ3) is 10.5. The Bertz CT molecular complexity index is 572. The molecule has 0 saturated heterocycles. The summed E-state index contributed by atoms with van der Waals surface area (Å²) in [7, 11) is 7.47. The largest absolute Gasteiger partial charge is 0.550 e. The molecular weight excluding hydrogens is 358 g/mol. The number of hydrogen-bond acceptors (Lipinski definition) is 5. The van der Waals surface area contributed by atoms with E-state index >= 15 is 0 Å². The van der Waals surface area contributed by atoms with E-state index in [4.69, 9.17) is 9.47 Å². The van der Waals surface area contributed by atoms with Gasteiger partial charge in [-0.2, -0.15) is 0 Å². The van der Waals surface area contributed by atoms with Gasteiger partial charge in [0.25, 0.3) is 0 Å². The Kier molecular flexibility index (Phi) is 12.5. The summed E-state index contributed by atoms with van der Waals surface area (Å²) in [4.78, 5) is 10.3. The van der Waals surface area contributed by atoms with Crippen LogP contribution in [0.4, 0.5) is 0 Å². The minimum absolute atomic E-state index is 0.222. The van der Waals surface area contributed by atoms with Gasteiger partial charge in [-0.15, -0.1) is 0 Å². The number of aliphatic hydroxyl groups is 1. The van der Waals surface area contributed by atoms with Gasteiger partial charge < -0.3 is 29.0 Å². The molecule has 6 nitrogen and oxygen atoms in total. The molecule has 0 aliphatic rings. The van der Waals surface area contributed by atoms with Gasteiger partial charge in [0.15, 0.2) is 11.5 Å². The minimum Gasteiger partial charge on any atom is -0.550 e. The molecule has 0 spiro atoms. The number of unbranched alkanes of at least 4 members (excludes halogenated alkanes) is 1. The van der Waals surface area contributed by atoms with Crippen molar-refractivity contribution < 1.29 is 29.0 Å². The average Bonchev–Trinajstić information content (AvgIpc) is 2.61. The Morgan fingerprint density at radius 1 is 1.18 bits per heavy atom. The van der Waals surface area contributed by atoms with Crippen molar-refractivity contribution in [2.75, 3.05) is 34.9 Å². The SMILES string of the molecule is CCCCC(CC)C(=O)[O-].COc1ccc(C[N+](C)(C)CC(C)O)cc1OC. The van der Waals surface area contributed by atoms with Crippen LogP contribution < -0.4 is 14.6 Å². The lowest BCUT2D eigenvalue weighted by Gasteiger charge is -2.31. The van der Waals surface area contributed by atoms with E-state index in [-0.39, 0.29) is 12.0 Å². The number of quaternary nitrogens is 1. The lowest BCUT2D eigenvalue weighted by molar-refractivity contribution is -0.906. The maximum Gasteiger partial charge on any atom is 0.161 e. The molecule has 1 aromatic carbocycles. The van der Waals surface area contributed by atoms with Crippen molar-refractivity contribution in [3.8, 4) is 11.5 Å². The summed E-state index contributed by atoms with van der Waals surface area (Å²) in [5.41, 5.74) is 1.17. The van der Waals surface area contributed by atoms with Crippen LogP contribution in [0.1, 0.15) is 52.0 Å². The van der Waals surface area contributed by atoms with E-state index in [1.807, 2.05) is 32.0 Å². The zero-order valence-electron chi connectivity index (χ0n) is 18.7. The molecule has 6 heteroatoms. The molecule has 1 aromatic rings. The molecule has 0 amide bonds. The molecule has 1 N–H and O–H groups in total. The lowest BCUT2D eigenvalue weighted by Crippen LogP contribution is -2.43. The highest BCUT2D eigenvalue weighted by atomic mass is 16.5. The zero-order valence-corrected chi connectivity index (χ0v) is 18.7. The van der Waals surface area contributed by atoms with Crippen LogP contribution in [0.15, 0.2) is 18.2 Å². The van der Waals surface area contributed by atoms with Crippen molar-refractivity contribution >= 4 is 5.97 Å². The van der Waals surface area contributed by atoms with Gasteiger partial charge in [-0.1, -0.05) is 26.7 Å². The molecule has 162 valence electrons. The van der Waals surface area contributed by atoms with Crippen LogP contribution in [-0.4, -0.2) is 56.5 Å². The number of benzene rings is 1. The average molecular weight is 398 g/mol. The number of rotatable bonds is 11.